The summed E-state index contributed by atoms with van der Waals surface area (Å²) in [5.74, 6) is 0.459. The first-order chi connectivity index (χ1) is 13.6. The Morgan fingerprint density at radius 1 is 1.46 bits per heavy atom. The molecule has 2 aliphatic rings. The van der Waals surface area contributed by atoms with Crippen LogP contribution in [0.25, 0.3) is 0 Å². The van der Waals surface area contributed by atoms with Crippen molar-refractivity contribution in [2.45, 2.75) is 44.7 Å². The highest BCUT2D eigenvalue weighted by atomic mass is 16.5. The van der Waals surface area contributed by atoms with E-state index in [-0.39, 0.29) is 11.9 Å². The third-order valence-corrected chi connectivity index (χ3v) is 5.95. The number of hydrogen-bond donors (Lipinski definition) is 1. The van der Waals surface area contributed by atoms with Gasteiger partial charge in [-0.1, -0.05) is 0 Å². The van der Waals surface area contributed by atoms with Crippen molar-refractivity contribution in [2.24, 2.45) is 0 Å². The van der Waals surface area contributed by atoms with Crippen molar-refractivity contribution in [1.29, 1.82) is 5.26 Å². The monoisotopic (exact) mass is 388 g/mol. The van der Waals surface area contributed by atoms with E-state index >= 15 is 0 Å². The normalized spacial score (nSPS) is 22.5. The zero-order chi connectivity index (χ0) is 19.9. The zero-order valence-corrected chi connectivity index (χ0v) is 17.1. The van der Waals surface area contributed by atoms with Crippen molar-refractivity contribution in [3.05, 3.63) is 17.5 Å². The van der Waals surface area contributed by atoms with Gasteiger partial charge in [0.25, 0.3) is 0 Å². The molecule has 3 heterocycles. The number of likely N-dealkylation sites (tertiary alicyclic amines) is 1. The second-order valence-corrected chi connectivity index (χ2v) is 7.88. The largest absolute Gasteiger partial charge is 0.379 e. The Labute approximate surface area is 167 Å². The molecule has 2 saturated heterocycles. The molecular weight excluding hydrogens is 356 g/mol. The van der Waals surface area contributed by atoms with Gasteiger partial charge < -0.3 is 9.64 Å². The van der Waals surface area contributed by atoms with Gasteiger partial charge >= 0.3 is 0 Å². The fraction of sp³-hybridized carbons (Fsp3) is 0.750. The van der Waals surface area contributed by atoms with Crippen LogP contribution < -0.4 is 0 Å². The van der Waals surface area contributed by atoms with Gasteiger partial charge in [0.15, 0.2) is 0 Å². The third kappa shape index (κ3) is 5.10. The quantitative estimate of drug-likeness (QED) is 0.755. The number of carbonyl (C=O) groups is 1. The molecule has 154 valence electrons. The highest BCUT2D eigenvalue weighted by molar-refractivity contribution is 5.81. The molecule has 1 aromatic rings. The summed E-state index contributed by atoms with van der Waals surface area (Å²) in [5, 5.41) is 16.3. The lowest BCUT2D eigenvalue weighted by Gasteiger charge is -2.37. The minimum atomic E-state index is -0.169. The number of piperidine rings is 1. The van der Waals surface area contributed by atoms with Gasteiger partial charge in [0.1, 0.15) is 0 Å². The van der Waals surface area contributed by atoms with Gasteiger partial charge in [-0.2, -0.15) is 10.4 Å². The summed E-state index contributed by atoms with van der Waals surface area (Å²) < 4.78 is 5.45. The second kappa shape index (κ2) is 10.0. The molecule has 2 atom stereocenters. The Morgan fingerprint density at radius 2 is 2.25 bits per heavy atom. The molecule has 0 aromatic carbocycles. The van der Waals surface area contributed by atoms with Crippen LogP contribution in [0.4, 0.5) is 0 Å². The number of ether oxygens (including phenoxy) is 1. The maximum absolute atomic E-state index is 12.7. The molecule has 1 aromatic heterocycles. The standard InChI is InChI=1S/C20H32N6O2/c1-16(20(27)24(2)7-4-6-21)26-8-3-5-17(15-26)19-18(13-22-23-19)14-25-9-11-28-12-10-25/h13,16-17H,3-5,7-12,14-15H2,1-2H3,(H,22,23)/t16-,17-/m1/s1. The molecule has 0 radical (unpaired) electrons. The highest BCUT2D eigenvalue weighted by Gasteiger charge is 2.31. The van der Waals surface area contributed by atoms with Gasteiger partial charge in [-0.05, 0) is 26.3 Å². The number of amides is 1. The van der Waals surface area contributed by atoms with E-state index in [9.17, 15) is 4.79 Å². The Balaban J connectivity index is 1.61. The van der Waals surface area contributed by atoms with Crippen molar-refractivity contribution in [3.63, 3.8) is 0 Å². The van der Waals surface area contributed by atoms with Crippen LogP contribution in [-0.4, -0.2) is 89.8 Å². The minimum absolute atomic E-state index is 0.0917. The third-order valence-electron chi connectivity index (χ3n) is 5.95. The van der Waals surface area contributed by atoms with Crippen molar-refractivity contribution in [1.82, 2.24) is 24.9 Å². The first-order valence-electron chi connectivity index (χ1n) is 10.3. The molecule has 1 amide bonds. The van der Waals surface area contributed by atoms with Gasteiger partial charge in [0.2, 0.25) is 5.91 Å². The number of hydrogen-bond acceptors (Lipinski definition) is 6. The average molecular weight is 389 g/mol. The van der Waals surface area contributed by atoms with Crippen molar-refractivity contribution < 1.29 is 9.53 Å². The Morgan fingerprint density at radius 3 is 3.00 bits per heavy atom. The maximum Gasteiger partial charge on any atom is 0.239 e. The van der Waals surface area contributed by atoms with E-state index in [1.807, 2.05) is 13.1 Å². The van der Waals surface area contributed by atoms with Gasteiger partial charge in [-0.3, -0.25) is 19.7 Å². The molecular formula is C20H32N6O2. The summed E-state index contributed by atoms with van der Waals surface area (Å²) in [6.45, 7) is 8.67. The SMILES string of the molecule is C[C@H](C(=O)N(C)CCC#N)N1CCC[C@@H](c2[nH]ncc2CN2CCOCC2)C1. The first-order valence-corrected chi connectivity index (χ1v) is 10.3. The lowest BCUT2D eigenvalue weighted by molar-refractivity contribution is -0.135. The van der Waals surface area contributed by atoms with Crippen LogP contribution in [0.3, 0.4) is 0 Å². The van der Waals surface area contributed by atoms with Crippen molar-refractivity contribution >= 4 is 5.91 Å². The number of morpholine rings is 1. The van der Waals surface area contributed by atoms with Gasteiger partial charge in [0.05, 0.1) is 37.9 Å². The molecule has 0 aliphatic carbocycles. The van der Waals surface area contributed by atoms with Crippen LogP contribution in [0.15, 0.2) is 6.20 Å². The van der Waals surface area contributed by atoms with E-state index in [1.165, 1.54) is 11.3 Å². The van der Waals surface area contributed by atoms with E-state index in [1.54, 1.807) is 11.9 Å². The van der Waals surface area contributed by atoms with Gasteiger partial charge in [-0.25, -0.2) is 0 Å². The summed E-state index contributed by atoms with van der Waals surface area (Å²) in [7, 11) is 1.78. The fourth-order valence-corrected chi connectivity index (χ4v) is 4.20. The number of nitriles is 1. The number of nitrogens with one attached hydrogen (secondary N) is 1. The summed E-state index contributed by atoms with van der Waals surface area (Å²) in [6, 6.07) is 1.94. The smallest absolute Gasteiger partial charge is 0.239 e. The zero-order valence-electron chi connectivity index (χ0n) is 17.1. The van der Waals surface area contributed by atoms with Crippen LogP contribution >= 0.6 is 0 Å². The second-order valence-electron chi connectivity index (χ2n) is 7.88. The molecule has 8 nitrogen and oxygen atoms in total. The van der Waals surface area contributed by atoms with Gasteiger partial charge in [0, 0.05) is 56.9 Å². The summed E-state index contributed by atoms with van der Waals surface area (Å²) >= 11 is 0. The molecule has 28 heavy (non-hydrogen) atoms. The number of aromatic amines is 1. The Bertz CT molecular complexity index is 678. The molecule has 8 heteroatoms. The average Bonchev–Trinajstić information content (AvgIpc) is 3.19. The highest BCUT2D eigenvalue weighted by Crippen LogP contribution is 2.29. The number of likely N-dealkylation sites (N-methyl/N-ethyl adjacent to an activating group) is 1. The van der Waals surface area contributed by atoms with E-state index in [0.29, 0.717) is 18.9 Å². The first kappa shape index (κ1) is 20.8. The number of H-pyrrole nitrogens is 1. The number of aromatic nitrogens is 2. The van der Waals surface area contributed by atoms with Gasteiger partial charge in [-0.15, -0.1) is 0 Å². The summed E-state index contributed by atoms with van der Waals surface area (Å²) in [4.78, 5) is 19.1. The number of rotatable bonds is 7. The number of carbonyl (C=O) groups excluding carboxylic acids is 1. The molecule has 0 bridgehead atoms. The van der Waals surface area contributed by atoms with Crippen LogP contribution in [-0.2, 0) is 16.1 Å². The number of nitrogens with zero attached hydrogens (tertiary/aromatic N) is 5. The minimum Gasteiger partial charge on any atom is -0.379 e. The van der Waals surface area contributed by atoms with Crippen molar-refractivity contribution in [3.8, 4) is 6.07 Å². The molecule has 2 aliphatic heterocycles. The summed E-state index contributed by atoms with van der Waals surface area (Å²) in [6.07, 6.45) is 4.50. The predicted molar refractivity (Wildman–Crippen MR) is 106 cm³/mol. The van der Waals surface area contributed by atoms with Crippen LogP contribution in [0.1, 0.15) is 43.4 Å². The van der Waals surface area contributed by atoms with Crippen LogP contribution in [0, 0.1) is 11.3 Å². The van der Waals surface area contributed by atoms with Crippen LogP contribution in [0.2, 0.25) is 0 Å². The van der Waals surface area contributed by atoms with E-state index < -0.39 is 0 Å². The Kier molecular flexibility index (Phi) is 7.43. The summed E-state index contributed by atoms with van der Waals surface area (Å²) in [5.41, 5.74) is 2.48. The molecule has 0 spiro atoms. The van der Waals surface area contributed by atoms with E-state index in [4.69, 9.17) is 10.00 Å². The fourth-order valence-electron chi connectivity index (χ4n) is 4.20. The molecule has 0 saturated carbocycles. The van der Waals surface area contributed by atoms with E-state index in [0.717, 1.165) is 58.8 Å². The maximum atomic E-state index is 12.7. The topological polar surface area (TPSA) is 88.5 Å². The molecule has 1 N–H and O–H groups in total. The van der Waals surface area contributed by atoms with Crippen molar-refractivity contribution in [2.75, 3.05) is 53.0 Å². The molecule has 3 rings (SSSR count). The predicted octanol–water partition coefficient (Wildman–Crippen LogP) is 1.18. The lowest BCUT2D eigenvalue weighted by atomic mass is 9.91. The Hall–Kier alpha value is -1.95. The molecule has 2 fully saturated rings. The van der Waals surface area contributed by atoms with E-state index in [2.05, 4.69) is 26.1 Å². The van der Waals surface area contributed by atoms with Crippen LogP contribution in [0.5, 0.6) is 0 Å². The lowest BCUT2D eigenvalue weighted by Crippen LogP contribution is -2.49. The molecule has 0 unspecified atom stereocenters.